The van der Waals surface area contributed by atoms with Crippen LogP contribution in [0.4, 0.5) is 0 Å². The Bertz CT molecular complexity index is 305. The van der Waals surface area contributed by atoms with Crippen LogP contribution in [0.5, 0.6) is 0 Å². The molecule has 0 aliphatic carbocycles. The minimum Gasteiger partial charge on any atom is -0.466 e. The molecule has 76 valence electrons. The Morgan fingerprint density at radius 2 is 2.43 bits per heavy atom. The van der Waals surface area contributed by atoms with Crippen LogP contribution in [0.3, 0.4) is 0 Å². The molecule has 14 heavy (non-hydrogen) atoms. The quantitative estimate of drug-likeness (QED) is 0.526. The zero-order chi connectivity index (χ0) is 10.6. The van der Waals surface area contributed by atoms with Crippen molar-refractivity contribution in [1.82, 2.24) is 4.90 Å². The van der Waals surface area contributed by atoms with Gasteiger partial charge in [0.2, 0.25) is 0 Å². The lowest BCUT2D eigenvalue weighted by molar-refractivity contribution is -0.134. The third kappa shape index (κ3) is 2.73. The van der Waals surface area contributed by atoms with Crippen molar-refractivity contribution in [2.24, 2.45) is 0 Å². The monoisotopic (exact) mass is 194 g/mol. The van der Waals surface area contributed by atoms with E-state index in [2.05, 4.69) is 4.74 Å². The molecule has 0 radical (unpaired) electrons. The van der Waals surface area contributed by atoms with Gasteiger partial charge in [-0.3, -0.25) is 5.41 Å². The summed E-state index contributed by atoms with van der Waals surface area (Å²) in [7, 11) is 3.21. The fraction of sp³-hybridized carbons (Fsp3) is 0.400. The van der Waals surface area contributed by atoms with Crippen LogP contribution in [0.25, 0.3) is 0 Å². The maximum absolute atomic E-state index is 10.8. The molecule has 0 aromatic heterocycles. The molecule has 0 atom stereocenters. The second-order valence-corrected chi connectivity index (χ2v) is 3.14. The van der Waals surface area contributed by atoms with Crippen LogP contribution in [0.1, 0.15) is 6.42 Å². The van der Waals surface area contributed by atoms with Gasteiger partial charge in [0.05, 0.1) is 12.9 Å². The van der Waals surface area contributed by atoms with Crippen LogP contribution in [-0.2, 0) is 9.53 Å². The highest BCUT2D eigenvalue weighted by Crippen LogP contribution is 2.10. The predicted octanol–water partition coefficient (Wildman–Crippen LogP) is 0.955. The molecular weight excluding hydrogens is 180 g/mol. The molecule has 0 spiro atoms. The van der Waals surface area contributed by atoms with Crippen molar-refractivity contribution in [2.75, 3.05) is 20.7 Å². The summed E-state index contributed by atoms with van der Waals surface area (Å²) in [5, 5.41) is 7.50. The molecule has 1 heterocycles. The highest BCUT2D eigenvalue weighted by Gasteiger charge is 2.10. The normalized spacial score (nSPS) is 17.1. The number of esters is 1. The number of hydrogen-bond donors (Lipinski definition) is 1. The van der Waals surface area contributed by atoms with Gasteiger partial charge in [0.15, 0.2) is 0 Å². The van der Waals surface area contributed by atoms with Crippen molar-refractivity contribution in [3.8, 4) is 0 Å². The van der Waals surface area contributed by atoms with Gasteiger partial charge in [0.25, 0.3) is 0 Å². The van der Waals surface area contributed by atoms with Crippen LogP contribution in [0.2, 0.25) is 0 Å². The van der Waals surface area contributed by atoms with Gasteiger partial charge in [-0.25, -0.2) is 4.79 Å². The molecule has 1 aliphatic heterocycles. The van der Waals surface area contributed by atoms with Crippen LogP contribution in [-0.4, -0.2) is 37.4 Å². The molecule has 0 fully saturated rings. The van der Waals surface area contributed by atoms with E-state index in [-0.39, 0.29) is 5.97 Å². The Balaban J connectivity index is 2.59. The van der Waals surface area contributed by atoms with Crippen LogP contribution in [0.15, 0.2) is 23.8 Å². The van der Waals surface area contributed by atoms with Gasteiger partial charge in [-0.2, -0.15) is 0 Å². The molecular formula is C10H14N2O2. The minimum absolute atomic E-state index is 0.353. The summed E-state index contributed by atoms with van der Waals surface area (Å²) in [6.07, 6.45) is 5.70. The Kier molecular flexibility index (Phi) is 3.45. The summed E-state index contributed by atoms with van der Waals surface area (Å²) in [4.78, 5) is 12.7. The molecule has 0 aromatic rings. The van der Waals surface area contributed by atoms with Gasteiger partial charge >= 0.3 is 5.97 Å². The van der Waals surface area contributed by atoms with Gasteiger partial charge in [-0.1, -0.05) is 12.2 Å². The molecule has 0 saturated carbocycles. The molecule has 1 aliphatic rings. The molecule has 0 bridgehead atoms. The molecule has 0 unspecified atom stereocenters. The summed E-state index contributed by atoms with van der Waals surface area (Å²) in [5.74, 6) is 0.245. The number of nitrogens with zero attached hydrogens (tertiary/aromatic N) is 1. The number of rotatable bonds is 2. The predicted molar refractivity (Wildman–Crippen MR) is 54.2 cm³/mol. The first kappa shape index (κ1) is 10.5. The molecule has 4 nitrogen and oxygen atoms in total. The lowest BCUT2D eigenvalue weighted by Gasteiger charge is -2.24. The average Bonchev–Trinajstić information content (AvgIpc) is 2.19. The standard InChI is InChI=1S/C10H14N2O2/c1-12-7-8(3-5-9(12)11)4-6-10(13)14-2/h3-4,6,11H,5,7H2,1-2H3/b6-4+,11-9?. The number of methoxy groups -OCH3 is 1. The van der Waals surface area contributed by atoms with E-state index in [1.165, 1.54) is 13.2 Å². The van der Waals surface area contributed by atoms with Crippen LogP contribution >= 0.6 is 0 Å². The number of ether oxygens (including phenoxy) is 1. The summed E-state index contributed by atoms with van der Waals surface area (Å²) >= 11 is 0. The van der Waals surface area contributed by atoms with Crippen molar-refractivity contribution in [1.29, 1.82) is 5.41 Å². The van der Waals surface area contributed by atoms with Crippen LogP contribution in [0, 0.1) is 5.41 Å². The largest absolute Gasteiger partial charge is 0.466 e. The first-order chi connectivity index (χ1) is 6.63. The smallest absolute Gasteiger partial charge is 0.330 e. The molecule has 0 amide bonds. The highest BCUT2D eigenvalue weighted by atomic mass is 16.5. The Labute approximate surface area is 83.4 Å². The summed E-state index contributed by atoms with van der Waals surface area (Å²) in [6.45, 7) is 0.673. The fourth-order valence-electron chi connectivity index (χ4n) is 1.18. The molecule has 1 N–H and O–H groups in total. The first-order valence-corrected chi connectivity index (χ1v) is 4.37. The maximum atomic E-state index is 10.8. The molecule has 0 saturated heterocycles. The first-order valence-electron chi connectivity index (χ1n) is 4.37. The van der Waals surface area contributed by atoms with E-state index < -0.39 is 0 Å². The second kappa shape index (κ2) is 4.60. The minimum atomic E-state index is -0.353. The third-order valence-electron chi connectivity index (χ3n) is 2.07. The molecule has 4 heteroatoms. The molecule has 0 aromatic carbocycles. The summed E-state index contributed by atoms with van der Waals surface area (Å²) in [6, 6.07) is 0. The van der Waals surface area contributed by atoms with Crippen LogP contribution < -0.4 is 0 Å². The lowest BCUT2D eigenvalue weighted by Crippen LogP contribution is -2.30. The van der Waals surface area contributed by atoms with Gasteiger partial charge in [0.1, 0.15) is 0 Å². The zero-order valence-corrected chi connectivity index (χ0v) is 8.41. The van der Waals surface area contributed by atoms with Crippen molar-refractivity contribution in [3.05, 3.63) is 23.8 Å². The Morgan fingerprint density at radius 1 is 1.71 bits per heavy atom. The van der Waals surface area contributed by atoms with E-state index in [0.717, 1.165) is 5.57 Å². The SMILES string of the molecule is COC(=O)/C=C/C1=CCC(=N)N(C)C1. The van der Waals surface area contributed by atoms with E-state index in [9.17, 15) is 4.79 Å². The third-order valence-corrected chi connectivity index (χ3v) is 2.07. The Morgan fingerprint density at radius 3 is 3.00 bits per heavy atom. The Hall–Kier alpha value is -1.58. The maximum Gasteiger partial charge on any atom is 0.330 e. The van der Waals surface area contributed by atoms with Crippen molar-refractivity contribution < 1.29 is 9.53 Å². The van der Waals surface area contributed by atoms with E-state index in [1.807, 2.05) is 18.0 Å². The van der Waals surface area contributed by atoms with E-state index >= 15 is 0 Å². The average molecular weight is 194 g/mol. The van der Waals surface area contributed by atoms with Gasteiger partial charge in [-0.15, -0.1) is 0 Å². The number of amidine groups is 1. The fourth-order valence-corrected chi connectivity index (χ4v) is 1.18. The van der Waals surface area contributed by atoms with Crippen molar-refractivity contribution >= 4 is 11.8 Å². The van der Waals surface area contributed by atoms with Crippen molar-refractivity contribution in [2.45, 2.75) is 6.42 Å². The number of carbonyl (C=O) groups is 1. The van der Waals surface area contributed by atoms with Gasteiger partial charge in [-0.05, 0) is 5.57 Å². The van der Waals surface area contributed by atoms with E-state index in [0.29, 0.717) is 18.8 Å². The number of likely N-dealkylation sites (N-methyl/N-ethyl adjacent to an activating group) is 1. The summed E-state index contributed by atoms with van der Waals surface area (Å²) in [5.41, 5.74) is 1.04. The number of carbonyl (C=O) groups excluding carboxylic acids is 1. The summed E-state index contributed by atoms with van der Waals surface area (Å²) < 4.78 is 4.48. The zero-order valence-electron chi connectivity index (χ0n) is 8.41. The second-order valence-electron chi connectivity index (χ2n) is 3.14. The molecule has 1 rings (SSSR count). The van der Waals surface area contributed by atoms with Gasteiger partial charge < -0.3 is 9.64 Å². The number of nitrogens with one attached hydrogen (secondary N) is 1. The highest BCUT2D eigenvalue weighted by molar-refractivity contribution is 5.84. The van der Waals surface area contributed by atoms with Crippen molar-refractivity contribution in [3.63, 3.8) is 0 Å². The topological polar surface area (TPSA) is 53.4 Å². The lowest BCUT2D eigenvalue weighted by atomic mass is 10.1. The number of hydrogen-bond acceptors (Lipinski definition) is 3. The van der Waals surface area contributed by atoms with Gasteiger partial charge in [0, 0.05) is 26.1 Å². The van der Waals surface area contributed by atoms with E-state index in [4.69, 9.17) is 5.41 Å². The van der Waals surface area contributed by atoms with E-state index in [1.54, 1.807) is 6.08 Å².